The highest BCUT2D eigenvalue weighted by Crippen LogP contribution is 2.32. The minimum absolute atomic E-state index is 0.0169. The summed E-state index contributed by atoms with van der Waals surface area (Å²) in [4.78, 5) is 35.8. The van der Waals surface area contributed by atoms with Crippen LogP contribution in [0.1, 0.15) is 40.5 Å². The number of fused-ring (bicyclic) bond motifs is 1. The van der Waals surface area contributed by atoms with Crippen molar-refractivity contribution in [3.8, 4) is 0 Å². The van der Waals surface area contributed by atoms with Crippen LogP contribution in [0, 0.1) is 13.8 Å². The average Bonchev–Trinajstić information content (AvgIpc) is 3.12. The Morgan fingerprint density at radius 1 is 1.27 bits per heavy atom. The second-order valence-electron chi connectivity index (χ2n) is 7.67. The lowest BCUT2D eigenvalue weighted by Crippen LogP contribution is -2.40. The molecule has 0 unspecified atom stereocenters. The molecule has 3 heterocycles. The number of para-hydroxylation sites is 1. The van der Waals surface area contributed by atoms with Crippen molar-refractivity contribution >= 4 is 28.8 Å². The Morgan fingerprint density at radius 2 is 2.10 bits per heavy atom. The second-order valence-corrected chi connectivity index (χ2v) is 7.67. The molecule has 7 nitrogen and oxygen atoms in total. The topological polar surface area (TPSA) is 80.1 Å². The number of hydrogen-bond donors (Lipinski definition) is 1. The molecule has 1 N–H and O–H groups in total. The number of rotatable bonds is 4. The number of benzene rings is 1. The summed E-state index contributed by atoms with van der Waals surface area (Å²) in [5, 5.41) is 2.99. The zero-order valence-electron chi connectivity index (χ0n) is 17.3. The quantitative estimate of drug-likeness (QED) is 0.675. The Balaban J connectivity index is 1.75. The minimum Gasteiger partial charge on any atom is -0.337 e. The van der Waals surface area contributed by atoms with E-state index in [4.69, 9.17) is 4.98 Å². The number of nitrogens with one attached hydrogen (secondary N) is 1. The zero-order chi connectivity index (χ0) is 21.3. The molecule has 30 heavy (non-hydrogen) atoms. The van der Waals surface area contributed by atoms with Crippen molar-refractivity contribution in [3.05, 3.63) is 66.0 Å². The summed E-state index contributed by atoms with van der Waals surface area (Å²) in [7, 11) is 0. The number of amides is 2. The van der Waals surface area contributed by atoms with E-state index in [2.05, 4.69) is 21.4 Å². The number of carbonyl (C=O) groups is 2. The van der Waals surface area contributed by atoms with Crippen molar-refractivity contribution in [1.82, 2.24) is 19.4 Å². The molecule has 1 atom stereocenters. The van der Waals surface area contributed by atoms with Crippen molar-refractivity contribution in [2.75, 3.05) is 18.4 Å². The molecule has 4 rings (SSSR count). The Hall–Kier alpha value is -3.48. The summed E-state index contributed by atoms with van der Waals surface area (Å²) in [6, 6.07) is 9.39. The third kappa shape index (κ3) is 3.70. The lowest BCUT2D eigenvalue weighted by atomic mass is 10.0. The third-order valence-corrected chi connectivity index (χ3v) is 5.54. The van der Waals surface area contributed by atoms with Gasteiger partial charge < -0.3 is 9.47 Å². The van der Waals surface area contributed by atoms with E-state index in [1.807, 2.05) is 36.9 Å². The average molecular weight is 403 g/mol. The van der Waals surface area contributed by atoms with E-state index in [9.17, 15) is 9.59 Å². The molecule has 1 aromatic carbocycles. The number of hydrogen-bond acceptors (Lipinski definition) is 4. The molecule has 3 aromatic rings. The van der Waals surface area contributed by atoms with Crippen molar-refractivity contribution in [2.24, 2.45) is 0 Å². The van der Waals surface area contributed by atoms with Gasteiger partial charge in [0.2, 0.25) is 11.9 Å². The van der Waals surface area contributed by atoms with Crippen LogP contribution in [0.5, 0.6) is 0 Å². The van der Waals surface area contributed by atoms with Crippen LogP contribution in [0.2, 0.25) is 0 Å². The maximum Gasteiger partial charge on any atom is 0.258 e. The van der Waals surface area contributed by atoms with E-state index in [-0.39, 0.29) is 17.9 Å². The molecular formula is C23H25N5O2. The van der Waals surface area contributed by atoms with Gasteiger partial charge in [0.1, 0.15) is 0 Å². The molecule has 1 saturated heterocycles. The van der Waals surface area contributed by atoms with Crippen LogP contribution in [0.15, 0.2) is 49.2 Å². The maximum atomic E-state index is 12.9. The minimum atomic E-state index is -0.232. The van der Waals surface area contributed by atoms with Gasteiger partial charge in [0, 0.05) is 30.5 Å². The predicted octanol–water partition coefficient (Wildman–Crippen LogP) is 3.65. The molecule has 0 saturated carbocycles. The number of nitrogens with zero attached hydrogens (tertiary/aromatic N) is 4. The number of imidazole rings is 1. The molecule has 0 radical (unpaired) electrons. The Labute approximate surface area is 175 Å². The van der Waals surface area contributed by atoms with Crippen molar-refractivity contribution in [3.63, 3.8) is 0 Å². The standard InChI is InChI=1S/C23H25N5O2/c1-4-20(29)27-12-6-8-18(14-27)28-21-15(2)7-5-9-19(21)25-23(28)26-22(30)17-10-11-24-16(3)13-17/h4-5,7,9-11,13,18H,1,6,8,12,14H2,2-3H3,(H,25,26,30)/t18-/m1/s1. The first-order chi connectivity index (χ1) is 14.5. The molecule has 2 aromatic heterocycles. The molecule has 1 aliphatic rings. The van der Waals surface area contributed by atoms with E-state index < -0.39 is 0 Å². The van der Waals surface area contributed by atoms with E-state index in [1.54, 1.807) is 18.3 Å². The number of anilines is 1. The summed E-state index contributed by atoms with van der Waals surface area (Å²) in [6.45, 7) is 8.77. The van der Waals surface area contributed by atoms with Crippen LogP contribution in [0.25, 0.3) is 11.0 Å². The molecule has 2 amide bonds. The lowest BCUT2D eigenvalue weighted by Gasteiger charge is -2.34. The zero-order valence-corrected chi connectivity index (χ0v) is 17.3. The fourth-order valence-electron chi connectivity index (χ4n) is 4.12. The summed E-state index contributed by atoms with van der Waals surface area (Å²) >= 11 is 0. The van der Waals surface area contributed by atoms with Crippen LogP contribution < -0.4 is 5.32 Å². The Kier molecular flexibility index (Phi) is 5.35. The number of aryl methyl sites for hydroxylation is 2. The fourth-order valence-corrected chi connectivity index (χ4v) is 4.12. The fraction of sp³-hybridized carbons (Fsp3) is 0.304. The van der Waals surface area contributed by atoms with Gasteiger partial charge in [0.15, 0.2) is 0 Å². The van der Waals surface area contributed by atoms with Crippen molar-refractivity contribution in [2.45, 2.75) is 32.7 Å². The highest BCUT2D eigenvalue weighted by Gasteiger charge is 2.28. The molecule has 154 valence electrons. The molecule has 0 aliphatic carbocycles. The highest BCUT2D eigenvalue weighted by atomic mass is 16.2. The van der Waals surface area contributed by atoms with Gasteiger partial charge in [-0.25, -0.2) is 4.98 Å². The van der Waals surface area contributed by atoms with Crippen LogP contribution in [-0.4, -0.2) is 44.3 Å². The van der Waals surface area contributed by atoms with Gasteiger partial charge in [0.25, 0.3) is 5.91 Å². The highest BCUT2D eigenvalue weighted by molar-refractivity contribution is 6.04. The largest absolute Gasteiger partial charge is 0.337 e. The number of aromatic nitrogens is 3. The van der Waals surface area contributed by atoms with Crippen LogP contribution >= 0.6 is 0 Å². The van der Waals surface area contributed by atoms with Gasteiger partial charge in [0.05, 0.1) is 17.1 Å². The summed E-state index contributed by atoms with van der Waals surface area (Å²) in [5.41, 5.74) is 4.19. The summed E-state index contributed by atoms with van der Waals surface area (Å²) in [6.07, 6.45) is 4.76. The van der Waals surface area contributed by atoms with Crippen LogP contribution in [0.4, 0.5) is 5.95 Å². The molecule has 1 aliphatic heterocycles. The normalized spacial score (nSPS) is 16.5. The third-order valence-electron chi connectivity index (χ3n) is 5.54. The van der Waals surface area contributed by atoms with Crippen molar-refractivity contribution < 1.29 is 9.59 Å². The molecular weight excluding hydrogens is 378 g/mol. The SMILES string of the molecule is C=CC(=O)N1CCC[C@@H](n2c(NC(=O)c3ccnc(C)c3)nc3cccc(C)c32)C1. The first-order valence-corrected chi connectivity index (χ1v) is 10.1. The summed E-state index contributed by atoms with van der Waals surface area (Å²) in [5.74, 6) is 0.194. The predicted molar refractivity (Wildman–Crippen MR) is 116 cm³/mol. The number of likely N-dealkylation sites (tertiary alicyclic amines) is 1. The summed E-state index contributed by atoms with van der Waals surface area (Å²) < 4.78 is 2.08. The van der Waals surface area contributed by atoms with E-state index in [1.165, 1.54) is 6.08 Å². The smallest absolute Gasteiger partial charge is 0.258 e. The van der Waals surface area contributed by atoms with Crippen LogP contribution in [-0.2, 0) is 4.79 Å². The lowest BCUT2D eigenvalue weighted by molar-refractivity contribution is -0.127. The van der Waals surface area contributed by atoms with Crippen molar-refractivity contribution in [1.29, 1.82) is 0 Å². The van der Waals surface area contributed by atoms with Gasteiger partial charge >= 0.3 is 0 Å². The monoisotopic (exact) mass is 403 g/mol. The van der Waals surface area contributed by atoms with Gasteiger partial charge in [-0.3, -0.25) is 19.9 Å². The van der Waals surface area contributed by atoms with E-state index in [0.717, 1.165) is 35.1 Å². The van der Waals surface area contributed by atoms with Gasteiger partial charge in [-0.15, -0.1) is 0 Å². The second kappa shape index (κ2) is 8.10. The molecule has 0 bridgehead atoms. The number of piperidine rings is 1. The van der Waals surface area contributed by atoms with Gasteiger partial charge in [-0.05, 0) is 56.5 Å². The van der Waals surface area contributed by atoms with E-state index in [0.29, 0.717) is 24.6 Å². The Bertz CT molecular complexity index is 1130. The molecule has 7 heteroatoms. The molecule has 0 spiro atoms. The first kappa shape index (κ1) is 19.8. The Morgan fingerprint density at radius 3 is 2.87 bits per heavy atom. The first-order valence-electron chi connectivity index (χ1n) is 10.1. The maximum absolute atomic E-state index is 12.9. The van der Waals surface area contributed by atoms with Gasteiger partial charge in [-0.2, -0.15) is 0 Å². The van der Waals surface area contributed by atoms with E-state index >= 15 is 0 Å². The number of pyridine rings is 1. The van der Waals surface area contributed by atoms with Crippen LogP contribution in [0.3, 0.4) is 0 Å². The number of carbonyl (C=O) groups excluding carboxylic acids is 2. The van der Waals surface area contributed by atoms with Gasteiger partial charge in [-0.1, -0.05) is 18.7 Å². The molecule has 1 fully saturated rings.